The first-order valence-corrected chi connectivity index (χ1v) is 4.61. The molecule has 0 bridgehead atoms. The maximum Gasteiger partial charge on any atom is 1.00 e. The van der Waals surface area contributed by atoms with E-state index >= 15 is 0 Å². The minimum absolute atomic E-state index is 0. The number of hydrogen-bond acceptors (Lipinski definition) is 1. The molecule has 0 radical (unpaired) electrons. The monoisotopic (exact) mass is 253 g/mol. The van der Waals surface area contributed by atoms with Crippen molar-refractivity contribution >= 4 is 6.98 Å². The first-order valence-electron chi connectivity index (χ1n) is 4.61. The maximum absolute atomic E-state index is 13.1. The maximum atomic E-state index is 13.1. The first kappa shape index (κ1) is 14.4. The van der Waals surface area contributed by atoms with Crippen LogP contribution in [0.5, 0.6) is 0 Å². The molecule has 1 heterocycles. The molecule has 1 spiro atoms. The van der Waals surface area contributed by atoms with Crippen LogP contribution in [0, 0.1) is 5.41 Å². The van der Waals surface area contributed by atoms with Gasteiger partial charge in [-0.3, -0.25) is 0 Å². The van der Waals surface area contributed by atoms with Crippen LogP contribution in [-0.4, -0.2) is 26.0 Å². The standard InChI is InChI=1S/C7H10BF5N.K/c9-7(10)5(8(11,12)13)6(7)1-3-14-4-2-6;/h5,14H,1-4H2;/q-1;+1. The molecule has 1 nitrogen and oxygen atoms in total. The summed E-state index contributed by atoms with van der Waals surface area (Å²) in [5, 5.41) is 2.80. The zero-order chi connectivity index (χ0) is 10.6. The van der Waals surface area contributed by atoms with Crippen molar-refractivity contribution in [3.63, 3.8) is 0 Å². The zero-order valence-corrected chi connectivity index (χ0v) is 11.5. The molecule has 1 atom stereocenters. The summed E-state index contributed by atoms with van der Waals surface area (Å²) in [6.45, 7) is -4.88. The molecular formula is C7H10BF5KN. The summed E-state index contributed by atoms with van der Waals surface area (Å²) in [7, 11) is 0. The fourth-order valence-electron chi connectivity index (χ4n) is 2.66. The van der Waals surface area contributed by atoms with Gasteiger partial charge in [0, 0.05) is 11.2 Å². The van der Waals surface area contributed by atoms with Crippen LogP contribution < -0.4 is 56.7 Å². The van der Waals surface area contributed by atoms with Gasteiger partial charge >= 0.3 is 58.4 Å². The Bertz CT molecular complexity index is 250. The number of alkyl halides is 2. The van der Waals surface area contributed by atoms with Crippen LogP contribution >= 0.6 is 0 Å². The number of hydrogen-bond donors (Lipinski definition) is 1. The van der Waals surface area contributed by atoms with Crippen LogP contribution in [0.1, 0.15) is 12.8 Å². The topological polar surface area (TPSA) is 12.0 Å². The molecule has 0 aromatic rings. The average molecular weight is 253 g/mol. The van der Waals surface area contributed by atoms with E-state index in [1.54, 1.807) is 0 Å². The summed E-state index contributed by atoms with van der Waals surface area (Å²) in [6.07, 6.45) is -0.127. The Morgan fingerprint density at radius 3 is 1.87 bits per heavy atom. The SMILES string of the molecule is F[B-](F)(F)C1C(F)(F)C12CCNCC2.[K+]. The van der Waals surface area contributed by atoms with Crippen LogP contribution in [0.3, 0.4) is 0 Å². The summed E-state index contributed by atoms with van der Waals surface area (Å²) < 4.78 is 63.2. The molecule has 1 saturated heterocycles. The average Bonchev–Trinajstić information content (AvgIpc) is 2.47. The van der Waals surface area contributed by atoms with E-state index in [2.05, 4.69) is 5.32 Å². The molecule has 0 aromatic carbocycles. The Balaban J connectivity index is 0.00000112. The van der Waals surface area contributed by atoms with Crippen molar-refractivity contribution < 1.29 is 73.1 Å². The second-order valence-electron chi connectivity index (χ2n) is 4.13. The molecule has 2 aliphatic rings. The minimum atomic E-state index is -5.41. The third-order valence-corrected chi connectivity index (χ3v) is 3.44. The van der Waals surface area contributed by atoms with Crippen molar-refractivity contribution in [2.45, 2.75) is 24.6 Å². The van der Waals surface area contributed by atoms with E-state index in [0.717, 1.165) is 0 Å². The summed E-state index contributed by atoms with van der Waals surface area (Å²) >= 11 is 0. The Morgan fingerprint density at radius 1 is 1.07 bits per heavy atom. The minimum Gasteiger partial charge on any atom is -0.449 e. The summed E-state index contributed by atoms with van der Waals surface area (Å²) in [5.74, 6) is -5.87. The molecule has 15 heavy (non-hydrogen) atoms. The second kappa shape index (κ2) is 4.20. The van der Waals surface area contributed by atoms with E-state index in [-0.39, 0.29) is 77.3 Å². The molecule has 1 aliphatic carbocycles. The molecule has 0 aromatic heterocycles. The van der Waals surface area contributed by atoms with E-state index in [4.69, 9.17) is 0 Å². The molecule has 1 unspecified atom stereocenters. The zero-order valence-electron chi connectivity index (χ0n) is 8.37. The Kier molecular flexibility index (Phi) is 4.03. The van der Waals surface area contributed by atoms with Crippen LogP contribution in [0.2, 0.25) is 5.82 Å². The third-order valence-electron chi connectivity index (χ3n) is 3.44. The Morgan fingerprint density at radius 2 is 1.53 bits per heavy atom. The largest absolute Gasteiger partial charge is 1.00 e. The second-order valence-corrected chi connectivity index (χ2v) is 4.13. The smallest absolute Gasteiger partial charge is 0.449 e. The number of nitrogens with one attached hydrogen (secondary N) is 1. The van der Waals surface area contributed by atoms with Gasteiger partial charge in [-0.25, -0.2) is 8.78 Å². The van der Waals surface area contributed by atoms with Crippen LogP contribution in [0.15, 0.2) is 0 Å². The molecule has 0 amide bonds. The molecule has 1 saturated carbocycles. The van der Waals surface area contributed by atoms with Gasteiger partial charge in [0.1, 0.15) is 0 Å². The van der Waals surface area contributed by atoms with Crippen LogP contribution in [-0.2, 0) is 0 Å². The predicted octanol–water partition coefficient (Wildman–Crippen LogP) is -0.773. The van der Waals surface area contributed by atoms with Gasteiger partial charge < -0.3 is 18.3 Å². The molecule has 8 heteroatoms. The van der Waals surface area contributed by atoms with Crippen molar-refractivity contribution in [1.29, 1.82) is 0 Å². The third kappa shape index (κ3) is 2.06. The van der Waals surface area contributed by atoms with Crippen molar-refractivity contribution in [2.24, 2.45) is 5.41 Å². The fourth-order valence-corrected chi connectivity index (χ4v) is 2.66. The van der Waals surface area contributed by atoms with Crippen molar-refractivity contribution in [2.75, 3.05) is 13.1 Å². The van der Waals surface area contributed by atoms with Gasteiger partial charge in [0.2, 0.25) is 5.92 Å². The van der Waals surface area contributed by atoms with E-state index in [0.29, 0.717) is 0 Å². The number of rotatable bonds is 1. The first-order chi connectivity index (χ1) is 6.32. The quantitative estimate of drug-likeness (QED) is 0.478. The normalized spacial score (nSPS) is 32.2. The summed E-state index contributed by atoms with van der Waals surface area (Å²) in [4.78, 5) is 0. The molecule has 1 aliphatic heterocycles. The number of piperidine rings is 1. The molecule has 82 valence electrons. The van der Waals surface area contributed by atoms with Crippen molar-refractivity contribution in [3.8, 4) is 0 Å². The van der Waals surface area contributed by atoms with Gasteiger partial charge in [-0.2, -0.15) is 0 Å². The van der Waals surface area contributed by atoms with Gasteiger partial charge in [-0.15, -0.1) is 0 Å². The van der Waals surface area contributed by atoms with Crippen molar-refractivity contribution in [3.05, 3.63) is 0 Å². The van der Waals surface area contributed by atoms with E-state index in [1.165, 1.54) is 0 Å². The molecule has 2 fully saturated rings. The van der Waals surface area contributed by atoms with Gasteiger partial charge in [-0.1, -0.05) is 0 Å². The molecule has 2 rings (SSSR count). The van der Waals surface area contributed by atoms with Gasteiger partial charge in [0.25, 0.3) is 0 Å². The summed E-state index contributed by atoms with van der Waals surface area (Å²) in [5.41, 5.74) is -1.77. The van der Waals surface area contributed by atoms with Crippen LogP contribution in [0.25, 0.3) is 0 Å². The predicted molar refractivity (Wildman–Crippen MR) is 42.3 cm³/mol. The van der Waals surface area contributed by atoms with Gasteiger partial charge in [0.15, 0.2) is 0 Å². The fraction of sp³-hybridized carbons (Fsp3) is 1.00. The van der Waals surface area contributed by atoms with Crippen LogP contribution in [0.4, 0.5) is 21.7 Å². The van der Waals surface area contributed by atoms with Crippen molar-refractivity contribution in [1.82, 2.24) is 5.32 Å². The van der Waals surface area contributed by atoms with E-state index in [9.17, 15) is 21.7 Å². The van der Waals surface area contributed by atoms with E-state index < -0.39 is 24.1 Å². The Hall–Kier alpha value is 1.31. The summed E-state index contributed by atoms with van der Waals surface area (Å²) in [6, 6.07) is 0. The van der Waals surface area contributed by atoms with Gasteiger partial charge in [-0.05, 0) is 25.9 Å². The van der Waals surface area contributed by atoms with Gasteiger partial charge in [0.05, 0.1) is 0 Å². The number of halogens is 5. The molecular weight excluding hydrogens is 243 g/mol. The molecule has 1 N–H and O–H groups in total. The van der Waals surface area contributed by atoms with E-state index in [1.807, 2.05) is 0 Å². The Labute approximate surface area is 127 Å².